The number of ether oxygens (including phenoxy) is 2. The van der Waals surface area contributed by atoms with E-state index < -0.39 is 0 Å². The number of nitrogens with zero attached hydrogens (tertiary/aromatic N) is 1. The van der Waals surface area contributed by atoms with E-state index in [0.717, 1.165) is 0 Å². The normalized spacial score (nSPS) is 9.47. The Labute approximate surface area is 88.4 Å². The Kier molecular flexibility index (Phi) is 4.40. The van der Waals surface area contributed by atoms with Crippen LogP contribution in [0.4, 0.5) is 5.82 Å². The molecule has 0 radical (unpaired) electrons. The first kappa shape index (κ1) is 11.3. The Bertz CT molecular complexity index is 311. The fourth-order valence-corrected chi connectivity index (χ4v) is 1.00. The summed E-state index contributed by atoms with van der Waals surface area (Å²) in [5.74, 6) is 1.17. The number of anilines is 1. The van der Waals surface area contributed by atoms with Gasteiger partial charge in [0.25, 0.3) is 0 Å². The number of pyridine rings is 1. The maximum Gasteiger partial charge on any atom is 0.307 e. The number of esters is 1. The Morgan fingerprint density at radius 1 is 1.47 bits per heavy atom. The first-order chi connectivity index (χ1) is 7.26. The van der Waals surface area contributed by atoms with E-state index in [1.54, 1.807) is 25.4 Å². The van der Waals surface area contributed by atoms with Crippen molar-refractivity contribution in [3.05, 3.63) is 18.3 Å². The van der Waals surface area contributed by atoms with Crippen LogP contribution in [0, 0.1) is 0 Å². The van der Waals surface area contributed by atoms with Crippen LogP contribution < -0.4 is 10.1 Å². The van der Waals surface area contributed by atoms with Crippen molar-refractivity contribution in [1.29, 1.82) is 0 Å². The molecule has 0 aliphatic rings. The molecule has 0 saturated heterocycles. The van der Waals surface area contributed by atoms with E-state index in [1.807, 2.05) is 0 Å². The third-order valence-corrected chi connectivity index (χ3v) is 1.83. The van der Waals surface area contributed by atoms with Gasteiger partial charge < -0.3 is 14.8 Å². The summed E-state index contributed by atoms with van der Waals surface area (Å²) in [5, 5.41) is 2.99. The molecule has 0 amide bonds. The molecule has 1 aromatic rings. The maximum atomic E-state index is 10.8. The van der Waals surface area contributed by atoms with Gasteiger partial charge in [-0.1, -0.05) is 0 Å². The van der Waals surface area contributed by atoms with Gasteiger partial charge in [-0.25, -0.2) is 4.98 Å². The van der Waals surface area contributed by atoms with Gasteiger partial charge in [0.2, 0.25) is 0 Å². The molecule has 0 aliphatic heterocycles. The summed E-state index contributed by atoms with van der Waals surface area (Å²) in [5.41, 5.74) is 0. The molecule has 1 N–H and O–H groups in total. The minimum atomic E-state index is -0.240. The van der Waals surface area contributed by atoms with Crippen molar-refractivity contribution >= 4 is 11.8 Å². The number of nitrogens with one attached hydrogen (secondary N) is 1. The number of rotatable bonds is 5. The molecule has 5 heteroatoms. The monoisotopic (exact) mass is 210 g/mol. The van der Waals surface area contributed by atoms with E-state index >= 15 is 0 Å². The minimum Gasteiger partial charge on any atom is -0.495 e. The fourth-order valence-electron chi connectivity index (χ4n) is 1.00. The van der Waals surface area contributed by atoms with Gasteiger partial charge in [0, 0.05) is 6.54 Å². The van der Waals surface area contributed by atoms with Crippen molar-refractivity contribution < 1.29 is 14.3 Å². The van der Waals surface area contributed by atoms with Gasteiger partial charge in [-0.3, -0.25) is 4.79 Å². The van der Waals surface area contributed by atoms with E-state index in [1.165, 1.54) is 7.11 Å². The summed E-state index contributed by atoms with van der Waals surface area (Å²) in [4.78, 5) is 14.9. The van der Waals surface area contributed by atoms with Crippen molar-refractivity contribution in [3.63, 3.8) is 0 Å². The highest BCUT2D eigenvalue weighted by molar-refractivity contribution is 5.69. The third kappa shape index (κ3) is 3.84. The largest absolute Gasteiger partial charge is 0.495 e. The number of carbonyl (C=O) groups is 1. The Morgan fingerprint density at radius 3 is 2.80 bits per heavy atom. The number of hydrogen-bond acceptors (Lipinski definition) is 5. The summed E-state index contributed by atoms with van der Waals surface area (Å²) >= 11 is 0. The first-order valence-corrected chi connectivity index (χ1v) is 4.57. The van der Waals surface area contributed by atoms with Crippen LogP contribution in [0.15, 0.2) is 18.3 Å². The lowest BCUT2D eigenvalue weighted by Crippen LogP contribution is -2.10. The molecule has 82 valence electrons. The predicted octanol–water partition coefficient (Wildman–Crippen LogP) is 1.07. The zero-order valence-electron chi connectivity index (χ0n) is 8.82. The molecule has 0 bridgehead atoms. The van der Waals surface area contributed by atoms with Crippen LogP contribution >= 0.6 is 0 Å². The van der Waals surface area contributed by atoms with Crippen molar-refractivity contribution in [2.45, 2.75) is 6.42 Å². The molecule has 1 aromatic heterocycles. The summed E-state index contributed by atoms with van der Waals surface area (Å²) in [6.07, 6.45) is 1.94. The molecule has 0 saturated carbocycles. The summed E-state index contributed by atoms with van der Waals surface area (Å²) in [7, 11) is 2.95. The summed E-state index contributed by atoms with van der Waals surface area (Å²) < 4.78 is 9.47. The van der Waals surface area contributed by atoms with Crippen molar-refractivity contribution in [2.75, 3.05) is 26.1 Å². The van der Waals surface area contributed by atoms with Gasteiger partial charge in [0.05, 0.1) is 26.8 Å². The van der Waals surface area contributed by atoms with E-state index in [0.29, 0.717) is 24.5 Å². The predicted molar refractivity (Wildman–Crippen MR) is 55.9 cm³/mol. The molecular weight excluding hydrogens is 196 g/mol. The SMILES string of the molecule is COC(=O)CCNc1ccc(OC)cn1. The van der Waals surface area contributed by atoms with E-state index in [4.69, 9.17) is 4.74 Å². The van der Waals surface area contributed by atoms with Gasteiger partial charge in [-0.05, 0) is 12.1 Å². The molecule has 0 spiro atoms. The minimum absolute atomic E-state index is 0.240. The molecule has 15 heavy (non-hydrogen) atoms. The quantitative estimate of drug-likeness (QED) is 0.736. The number of hydrogen-bond donors (Lipinski definition) is 1. The van der Waals surface area contributed by atoms with Crippen LogP contribution in [-0.2, 0) is 9.53 Å². The molecule has 0 unspecified atom stereocenters. The molecular formula is C10H14N2O3. The summed E-state index contributed by atoms with van der Waals surface area (Å²) in [6.45, 7) is 0.506. The smallest absolute Gasteiger partial charge is 0.307 e. The highest BCUT2D eigenvalue weighted by Gasteiger charge is 1.99. The second kappa shape index (κ2) is 5.85. The van der Waals surface area contributed by atoms with Crippen LogP contribution in [0.1, 0.15) is 6.42 Å². The lowest BCUT2D eigenvalue weighted by atomic mass is 10.4. The van der Waals surface area contributed by atoms with Crippen LogP contribution in [0.5, 0.6) is 5.75 Å². The molecule has 0 aromatic carbocycles. The van der Waals surface area contributed by atoms with Gasteiger partial charge >= 0.3 is 5.97 Å². The number of methoxy groups -OCH3 is 2. The van der Waals surface area contributed by atoms with Crippen molar-refractivity contribution in [3.8, 4) is 5.75 Å². The van der Waals surface area contributed by atoms with Gasteiger partial charge in [0.15, 0.2) is 0 Å². The molecule has 0 aliphatic carbocycles. The fraction of sp³-hybridized carbons (Fsp3) is 0.400. The Hall–Kier alpha value is -1.78. The highest BCUT2D eigenvalue weighted by atomic mass is 16.5. The van der Waals surface area contributed by atoms with Crippen LogP contribution in [-0.4, -0.2) is 31.7 Å². The van der Waals surface area contributed by atoms with Crippen molar-refractivity contribution in [2.24, 2.45) is 0 Å². The third-order valence-electron chi connectivity index (χ3n) is 1.83. The lowest BCUT2D eigenvalue weighted by molar-refractivity contribution is -0.140. The zero-order chi connectivity index (χ0) is 11.1. The second-order valence-corrected chi connectivity index (χ2v) is 2.84. The molecule has 5 nitrogen and oxygen atoms in total. The second-order valence-electron chi connectivity index (χ2n) is 2.84. The van der Waals surface area contributed by atoms with Gasteiger partial charge in [0.1, 0.15) is 11.6 Å². The lowest BCUT2D eigenvalue weighted by Gasteiger charge is -2.05. The van der Waals surface area contributed by atoms with E-state index in [9.17, 15) is 4.79 Å². The average Bonchev–Trinajstić information content (AvgIpc) is 2.29. The first-order valence-electron chi connectivity index (χ1n) is 4.57. The average molecular weight is 210 g/mol. The van der Waals surface area contributed by atoms with Crippen LogP contribution in [0.2, 0.25) is 0 Å². The molecule has 0 fully saturated rings. The Morgan fingerprint density at radius 2 is 2.27 bits per heavy atom. The summed E-state index contributed by atoms with van der Waals surface area (Å²) in [6, 6.07) is 3.59. The Balaban J connectivity index is 2.34. The topological polar surface area (TPSA) is 60.5 Å². The van der Waals surface area contributed by atoms with Gasteiger partial charge in [-0.2, -0.15) is 0 Å². The molecule has 1 heterocycles. The van der Waals surface area contributed by atoms with Crippen LogP contribution in [0.3, 0.4) is 0 Å². The van der Waals surface area contributed by atoms with Crippen molar-refractivity contribution in [1.82, 2.24) is 4.98 Å². The van der Waals surface area contributed by atoms with Gasteiger partial charge in [-0.15, -0.1) is 0 Å². The number of aromatic nitrogens is 1. The highest BCUT2D eigenvalue weighted by Crippen LogP contribution is 2.10. The van der Waals surface area contributed by atoms with E-state index in [2.05, 4.69) is 15.0 Å². The number of carbonyl (C=O) groups excluding carboxylic acids is 1. The zero-order valence-corrected chi connectivity index (χ0v) is 8.82. The standard InChI is InChI=1S/C10H14N2O3/c1-14-8-3-4-9(12-7-8)11-6-5-10(13)15-2/h3-4,7H,5-6H2,1-2H3,(H,11,12). The van der Waals surface area contributed by atoms with Crippen LogP contribution in [0.25, 0.3) is 0 Å². The molecule has 1 rings (SSSR count). The molecule has 0 atom stereocenters. The maximum absolute atomic E-state index is 10.8. The van der Waals surface area contributed by atoms with E-state index in [-0.39, 0.29) is 5.97 Å².